The summed E-state index contributed by atoms with van der Waals surface area (Å²) in [6.07, 6.45) is 1.56. The standard InChI is InChI=1S/C14H17NO4/c1-5-18-12-8-15-14(19-12)13-9(2)6-10(16-3)7-11(13)17-4/h6-8H,5H2,1-4H3. The third kappa shape index (κ3) is 2.65. The first-order valence-corrected chi connectivity index (χ1v) is 6.01. The quantitative estimate of drug-likeness (QED) is 0.829. The molecular weight excluding hydrogens is 246 g/mol. The molecule has 0 aliphatic rings. The van der Waals surface area contributed by atoms with E-state index in [0.29, 0.717) is 24.2 Å². The molecule has 2 rings (SSSR count). The summed E-state index contributed by atoms with van der Waals surface area (Å²) < 4.78 is 21.4. The minimum atomic E-state index is 0.398. The van der Waals surface area contributed by atoms with Crippen LogP contribution in [0.2, 0.25) is 0 Å². The Kier molecular flexibility index (Phi) is 3.94. The van der Waals surface area contributed by atoms with Crippen LogP contribution in [0.1, 0.15) is 12.5 Å². The summed E-state index contributed by atoms with van der Waals surface area (Å²) in [5.74, 6) is 2.26. The highest BCUT2D eigenvalue weighted by Gasteiger charge is 2.17. The van der Waals surface area contributed by atoms with Crippen molar-refractivity contribution in [3.05, 3.63) is 23.9 Å². The third-order valence-corrected chi connectivity index (χ3v) is 2.71. The van der Waals surface area contributed by atoms with Crippen LogP contribution in [0.3, 0.4) is 0 Å². The van der Waals surface area contributed by atoms with Crippen LogP contribution in [0.25, 0.3) is 11.5 Å². The van der Waals surface area contributed by atoms with Crippen LogP contribution in [0.4, 0.5) is 0 Å². The fourth-order valence-electron chi connectivity index (χ4n) is 1.86. The summed E-state index contributed by atoms with van der Waals surface area (Å²) >= 11 is 0. The maximum absolute atomic E-state index is 5.55. The first-order chi connectivity index (χ1) is 9.19. The van der Waals surface area contributed by atoms with Crippen molar-refractivity contribution >= 4 is 0 Å². The van der Waals surface area contributed by atoms with E-state index in [2.05, 4.69) is 4.98 Å². The molecule has 102 valence electrons. The minimum Gasteiger partial charge on any atom is -0.497 e. The van der Waals surface area contributed by atoms with Crippen LogP contribution in [0, 0.1) is 6.92 Å². The van der Waals surface area contributed by atoms with Crippen LogP contribution >= 0.6 is 0 Å². The fraction of sp³-hybridized carbons (Fsp3) is 0.357. The van der Waals surface area contributed by atoms with E-state index < -0.39 is 0 Å². The minimum absolute atomic E-state index is 0.398. The second-order valence-electron chi connectivity index (χ2n) is 3.94. The molecule has 0 unspecified atom stereocenters. The van der Waals surface area contributed by atoms with Gasteiger partial charge in [-0.1, -0.05) is 0 Å². The van der Waals surface area contributed by atoms with Gasteiger partial charge >= 0.3 is 5.95 Å². The van der Waals surface area contributed by atoms with E-state index in [-0.39, 0.29) is 0 Å². The molecule has 0 spiro atoms. The number of hydrogen-bond acceptors (Lipinski definition) is 5. The summed E-state index contributed by atoms with van der Waals surface area (Å²) in [5, 5.41) is 0. The maximum Gasteiger partial charge on any atom is 0.305 e. The van der Waals surface area contributed by atoms with Crippen molar-refractivity contribution < 1.29 is 18.6 Å². The normalized spacial score (nSPS) is 10.3. The van der Waals surface area contributed by atoms with Gasteiger partial charge in [0, 0.05) is 6.07 Å². The smallest absolute Gasteiger partial charge is 0.305 e. The molecule has 5 heteroatoms. The highest BCUT2D eigenvalue weighted by molar-refractivity contribution is 5.69. The van der Waals surface area contributed by atoms with Crippen molar-refractivity contribution in [2.45, 2.75) is 13.8 Å². The number of aryl methyl sites for hydroxylation is 1. The van der Waals surface area contributed by atoms with Crippen molar-refractivity contribution in [1.82, 2.24) is 4.98 Å². The molecule has 0 aliphatic heterocycles. The largest absolute Gasteiger partial charge is 0.497 e. The molecule has 0 saturated carbocycles. The van der Waals surface area contributed by atoms with Gasteiger partial charge in [0.1, 0.15) is 17.7 Å². The van der Waals surface area contributed by atoms with Crippen LogP contribution in [-0.2, 0) is 0 Å². The molecule has 5 nitrogen and oxygen atoms in total. The van der Waals surface area contributed by atoms with Gasteiger partial charge in [0.2, 0.25) is 5.89 Å². The fourth-order valence-corrected chi connectivity index (χ4v) is 1.86. The van der Waals surface area contributed by atoms with E-state index in [9.17, 15) is 0 Å². The predicted molar refractivity (Wildman–Crippen MR) is 70.9 cm³/mol. The van der Waals surface area contributed by atoms with Gasteiger partial charge in [0.25, 0.3) is 0 Å². The monoisotopic (exact) mass is 263 g/mol. The molecule has 1 aromatic heterocycles. The molecule has 2 aromatic rings. The van der Waals surface area contributed by atoms with Crippen molar-refractivity contribution in [3.8, 4) is 28.9 Å². The van der Waals surface area contributed by atoms with Crippen molar-refractivity contribution in [2.75, 3.05) is 20.8 Å². The SMILES string of the molecule is CCOc1cnc(-c2c(C)cc(OC)cc2OC)o1. The van der Waals surface area contributed by atoms with Crippen LogP contribution in [0.15, 0.2) is 22.7 Å². The van der Waals surface area contributed by atoms with Gasteiger partial charge in [0.05, 0.1) is 26.4 Å². The average Bonchev–Trinajstić information content (AvgIpc) is 2.86. The summed E-state index contributed by atoms with van der Waals surface area (Å²) in [6.45, 7) is 4.37. The molecule has 0 fully saturated rings. The molecule has 0 amide bonds. The molecule has 0 aliphatic carbocycles. The number of benzene rings is 1. The molecule has 0 saturated heterocycles. The molecule has 0 radical (unpaired) electrons. The summed E-state index contributed by atoms with van der Waals surface area (Å²) in [6, 6.07) is 3.70. The number of ether oxygens (including phenoxy) is 3. The molecule has 1 aromatic carbocycles. The topological polar surface area (TPSA) is 53.7 Å². The van der Waals surface area contributed by atoms with E-state index in [1.165, 1.54) is 0 Å². The first kappa shape index (κ1) is 13.3. The zero-order valence-corrected chi connectivity index (χ0v) is 11.5. The van der Waals surface area contributed by atoms with Crippen molar-refractivity contribution in [3.63, 3.8) is 0 Å². The lowest BCUT2D eigenvalue weighted by atomic mass is 10.1. The Balaban J connectivity index is 2.47. The van der Waals surface area contributed by atoms with Gasteiger partial charge in [-0.05, 0) is 25.5 Å². The zero-order valence-electron chi connectivity index (χ0n) is 11.5. The van der Waals surface area contributed by atoms with Crippen molar-refractivity contribution in [2.24, 2.45) is 0 Å². The van der Waals surface area contributed by atoms with Crippen LogP contribution in [0.5, 0.6) is 17.4 Å². The lowest BCUT2D eigenvalue weighted by Gasteiger charge is -2.11. The highest BCUT2D eigenvalue weighted by atomic mass is 16.6. The summed E-state index contributed by atoms with van der Waals surface area (Å²) in [5.41, 5.74) is 1.76. The van der Waals surface area contributed by atoms with Crippen molar-refractivity contribution in [1.29, 1.82) is 0 Å². The van der Waals surface area contributed by atoms with Gasteiger partial charge in [0.15, 0.2) is 0 Å². The van der Waals surface area contributed by atoms with Crippen LogP contribution in [-0.4, -0.2) is 25.8 Å². The predicted octanol–water partition coefficient (Wildman–Crippen LogP) is 3.07. The molecule has 19 heavy (non-hydrogen) atoms. The third-order valence-electron chi connectivity index (χ3n) is 2.71. The number of rotatable bonds is 5. The molecule has 0 bridgehead atoms. The Morgan fingerprint density at radius 3 is 2.63 bits per heavy atom. The van der Waals surface area contributed by atoms with Gasteiger partial charge in [-0.25, -0.2) is 4.98 Å². The molecule has 1 heterocycles. The van der Waals surface area contributed by atoms with E-state index in [1.54, 1.807) is 26.5 Å². The molecule has 0 atom stereocenters. The average molecular weight is 263 g/mol. The Labute approximate surface area is 112 Å². The highest BCUT2D eigenvalue weighted by Crippen LogP contribution is 2.37. The van der Waals surface area contributed by atoms with E-state index >= 15 is 0 Å². The lowest BCUT2D eigenvalue weighted by Crippen LogP contribution is -1.94. The Hall–Kier alpha value is -2.17. The van der Waals surface area contributed by atoms with Gasteiger partial charge in [-0.2, -0.15) is 0 Å². The Morgan fingerprint density at radius 1 is 1.21 bits per heavy atom. The maximum atomic E-state index is 5.55. The second-order valence-corrected chi connectivity index (χ2v) is 3.94. The van der Waals surface area contributed by atoms with Gasteiger partial charge in [-0.3, -0.25) is 0 Å². The number of aromatic nitrogens is 1. The Morgan fingerprint density at radius 2 is 2.00 bits per heavy atom. The van der Waals surface area contributed by atoms with Gasteiger partial charge < -0.3 is 18.6 Å². The number of methoxy groups -OCH3 is 2. The lowest BCUT2D eigenvalue weighted by molar-refractivity contribution is 0.260. The number of hydrogen-bond donors (Lipinski definition) is 0. The number of nitrogens with zero attached hydrogens (tertiary/aromatic N) is 1. The summed E-state index contributed by atoms with van der Waals surface area (Å²) in [7, 11) is 3.22. The van der Waals surface area contributed by atoms with E-state index in [4.69, 9.17) is 18.6 Å². The van der Waals surface area contributed by atoms with Gasteiger partial charge in [-0.15, -0.1) is 0 Å². The Bertz CT molecular complexity index is 563. The zero-order chi connectivity index (χ0) is 13.8. The first-order valence-electron chi connectivity index (χ1n) is 6.01. The van der Waals surface area contributed by atoms with E-state index in [1.807, 2.05) is 19.9 Å². The molecular formula is C14H17NO4. The number of oxazole rings is 1. The summed E-state index contributed by atoms with van der Waals surface area (Å²) in [4.78, 5) is 4.22. The van der Waals surface area contributed by atoms with E-state index in [0.717, 1.165) is 16.9 Å². The van der Waals surface area contributed by atoms with Crippen LogP contribution < -0.4 is 14.2 Å². The second kappa shape index (κ2) is 5.65. The molecule has 0 N–H and O–H groups in total.